The van der Waals surface area contributed by atoms with Crippen LogP contribution in [0.5, 0.6) is 0 Å². The Hall–Kier alpha value is -3.17. The number of aryl methyl sites for hydroxylation is 1. The van der Waals surface area contributed by atoms with E-state index >= 15 is 0 Å². The van der Waals surface area contributed by atoms with Crippen molar-refractivity contribution in [2.24, 2.45) is 0 Å². The van der Waals surface area contributed by atoms with Gasteiger partial charge in [-0.1, -0.05) is 13.3 Å². The number of Topliss-reactive ketones (excluding diaryl/α,β-unsaturated/α-hetero) is 5. The highest BCUT2D eigenvalue weighted by Crippen LogP contribution is 2.14. The van der Waals surface area contributed by atoms with Gasteiger partial charge in [0.15, 0.2) is 11.5 Å². The fourth-order valence-electron chi connectivity index (χ4n) is 3.92. The van der Waals surface area contributed by atoms with Gasteiger partial charge in [0.2, 0.25) is 0 Å². The summed E-state index contributed by atoms with van der Waals surface area (Å²) in [5, 5.41) is 0. The van der Waals surface area contributed by atoms with Crippen LogP contribution in [0.3, 0.4) is 0 Å². The van der Waals surface area contributed by atoms with Crippen molar-refractivity contribution in [3.8, 4) is 0 Å². The third-order valence-electron chi connectivity index (χ3n) is 6.22. The van der Waals surface area contributed by atoms with Gasteiger partial charge in [0.25, 0.3) is 0 Å². The average Bonchev–Trinajstić information content (AvgIpc) is 3.60. The molecule has 0 N–H and O–H groups in total. The van der Waals surface area contributed by atoms with Crippen molar-refractivity contribution >= 4 is 28.9 Å². The van der Waals surface area contributed by atoms with Crippen LogP contribution in [0.1, 0.15) is 106 Å². The van der Waals surface area contributed by atoms with Gasteiger partial charge in [-0.15, -0.1) is 0 Å². The van der Waals surface area contributed by atoms with E-state index < -0.39 is 0 Å². The first-order chi connectivity index (χ1) is 19.7. The summed E-state index contributed by atoms with van der Waals surface area (Å²) in [6.07, 6.45) is 6.77. The minimum absolute atomic E-state index is 0.0175. The zero-order chi connectivity index (χ0) is 30.5. The van der Waals surface area contributed by atoms with Crippen molar-refractivity contribution in [3.05, 3.63) is 47.3 Å². The number of carbonyl (C=O) groups excluding carboxylic acids is 5. The van der Waals surface area contributed by atoms with E-state index in [1.54, 1.807) is 32.4 Å². The maximum Gasteiger partial charge on any atom is 0.198 e. The summed E-state index contributed by atoms with van der Waals surface area (Å²) in [5.41, 5.74) is 0. The molecule has 0 aliphatic heterocycles. The van der Waals surface area contributed by atoms with Crippen molar-refractivity contribution < 1.29 is 42.3 Å². The van der Waals surface area contributed by atoms with Crippen LogP contribution in [-0.2, 0) is 47.9 Å². The number of hydrogen-bond acceptors (Lipinski definition) is 9. The van der Waals surface area contributed by atoms with E-state index in [-0.39, 0.29) is 61.0 Å². The van der Waals surface area contributed by atoms with Crippen LogP contribution >= 0.6 is 0 Å². The van der Waals surface area contributed by atoms with Crippen molar-refractivity contribution in [1.82, 2.24) is 0 Å². The standard InChI is InChI=1S/C16H22O5.C16H24O4/c1-12(17)10-15-7-8-16(21-15)11-14(19)6-5-13(18)4-3-9-20-2;1-3-14-9-11-16(20-14)15(18)10-8-13(17)7-5-4-6-12-19-2/h7-8H,3-6,9-11H2,1-2H3;9,11H,3-8,10,12H2,1-2H3. The van der Waals surface area contributed by atoms with Gasteiger partial charge in [-0.05, 0) is 50.5 Å². The normalized spacial score (nSPS) is 10.6. The molecule has 0 atom stereocenters. The Balaban J connectivity index is 0.000000410. The van der Waals surface area contributed by atoms with E-state index in [4.69, 9.17) is 18.3 Å². The second-order valence-corrected chi connectivity index (χ2v) is 9.98. The third-order valence-corrected chi connectivity index (χ3v) is 6.22. The fourth-order valence-corrected chi connectivity index (χ4v) is 3.92. The minimum Gasteiger partial charge on any atom is -0.465 e. The molecule has 0 aliphatic rings. The van der Waals surface area contributed by atoms with Gasteiger partial charge in [-0.2, -0.15) is 0 Å². The first-order valence-electron chi connectivity index (χ1n) is 14.4. The molecule has 2 aromatic heterocycles. The Morgan fingerprint density at radius 3 is 1.78 bits per heavy atom. The minimum atomic E-state index is -0.0857. The molecule has 0 radical (unpaired) electrons. The Kier molecular flexibility index (Phi) is 18.9. The molecule has 228 valence electrons. The van der Waals surface area contributed by atoms with Crippen LogP contribution in [-0.4, -0.2) is 56.3 Å². The number of rotatable bonds is 22. The lowest BCUT2D eigenvalue weighted by Crippen LogP contribution is -2.07. The summed E-state index contributed by atoms with van der Waals surface area (Å²) in [6, 6.07) is 6.91. The molecule has 41 heavy (non-hydrogen) atoms. The van der Waals surface area contributed by atoms with Crippen molar-refractivity contribution in [2.75, 3.05) is 27.4 Å². The largest absolute Gasteiger partial charge is 0.465 e. The Bertz CT molecular complexity index is 1080. The predicted octanol–water partition coefficient (Wildman–Crippen LogP) is 5.88. The molecule has 2 aromatic rings. The lowest BCUT2D eigenvalue weighted by atomic mass is 10.1. The summed E-state index contributed by atoms with van der Waals surface area (Å²) >= 11 is 0. The molecule has 0 amide bonds. The summed E-state index contributed by atoms with van der Waals surface area (Å²) in [6.45, 7) is 4.76. The number of furan rings is 2. The first-order valence-corrected chi connectivity index (χ1v) is 14.4. The maximum atomic E-state index is 11.8. The SMILES string of the molecule is CCc1ccc(C(=O)CCC(=O)CCCCCOC)o1.COCCCC(=O)CCC(=O)Cc1ccc(CC(C)=O)o1. The van der Waals surface area contributed by atoms with Gasteiger partial charge in [-0.3, -0.25) is 24.0 Å². The highest BCUT2D eigenvalue weighted by molar-refractivity contribution is 5.96. The van der Waals surface area contributed by atoms with E-state index in [1.807, 2.05) is 13.0 Å². The summed E-state index contributed by atoms with van der Waals surface area (Å²) in [4.78, 5) is 57.8. The quantitative estimate of drug-likeness (QED) is 0.125. The van der Waals surface area contributed by atoms with Crippen LogP contribution in [0.25, 0.3) is 0 Å². The maximum absolute atomic E-state index is 11.8. The third kappa shape index (κ3) is 17.3. The Labute approximate surface area is 243 Å². The molecular weight excluding hydrogens is 528 g/mol. The molecule has 0 unspecified atom stereocenters. The molecule has 0 aromatic carbocycles. The molecular formula is C32H46O9. The number of unbranched alkanes of at least 4 members (excludes halogenated alkanes) is 2. The number of hydrogen-bond donors (Lipinski definition) is 0. The van der Waals surface area contributed by atoms with E-state index in [1.165, 1.54) is 6.92 Å². The highest BCUT2D eigenvalue weighted by atomic mass is 16.5. The fraction of sp³-hybridized carbons (Fsp3) is 0.594. The number of carbonyl (C=O) groups is 5. The zero-order valence-electron chi connectivity index (χ0n) is 25.1. The van der Waals surface area contributed by atoms with Crippen LogP contribution in [0.2, 0.25) is 0 Å². The van der Waals surface area contributed by atoms with E-state index in [2.05, 4.69) is 0 Å². The number of ether oxygens (including phenoxy) is 2. The Morgan fingerprint density at radius 2 is 1.17 bits per heavy atom. The number of methoxy groups -OCH3 is 2. The molecule has 0 fully saturated rings. The average molecular weight is 575 g/mol. The van der Waals surface area contributed by atoms with Gasteiger partial charge in [0.1, 0.15) is 40.4 Å². The van der Waals surface area contributed by atoms with Crippen LogP contribution < -0.4 is 0 Å². The molecule has 0 bridgehead atoms. The van der Waals surface area contributed by atoms with E-state index in [0.717, 1.165) is 38.1 Å². The second kappa shape index (κ2) is 21.6. The zero-order valence-corrected chi connectivity index (χ0v) is 25.1. The van der Waals surface area contributed by atoms with Gasteiger partial charge in [0, 0.05) is 72.4 Å². The topological polar surface area (TPSA) is 130 Å². The van der Waals surface area contributed by atoms with Gasteiger partial charge < -0.3 is 18.3 Å². The van der Waals surface area contributed by atoms with Crippen LogP contribution in [0.15, 0.2) is 33.1 Å². The monoisotopic (exact) mass is 574 g/mol. The molecule has 0 aliphatic carbocycles. The van der Waals surface area contributed by atoms with Gasteiger partial charge in [-0.25, -0.2) is 0 Å². The van der Waals surface area contributed by atoms with Crippen molar-refractivity contribution in [1.29, 1.82) is 0 Å². The summed E-state index contributed by atoms with van der Waals surface area (Å²) in [7, 11) is 3.27. The van der Waals surface area contributed by atoms with Gasteiger partial charge >= 0.3 is 0 Å². The summed E-state index contributed by atoms with van der Waals surface area (Å²) in [5.74, 6) is 2.42. The van der Waals surface area contributed by atoms with Crippen molar-refractivity contribution in [3.63, 3.8) is 0 Å². The highest BCUT2D eigenvalue weighted by Gasteiger charge is 2.13. The lowest BCUT2D eigenvalue weighted by molar-refractivity contribution is -0.124. The molecule has 0 saturated carbocycles. The molecule has 2 rings (SSSR count). The molecule has 9 nitrogen and oxygen atoms in total. The Morgan fingerprint density at radius 1 is 0.610 bits per heavy atom. The van der Waals surface area contributed by atoms with E-state index in [0.29, 0.717) is 49.6 Å². The van der Waals surface area contributed by atoms with E-state index in [9.17, 15) is 24.0 Å². The first kappa shape index (κ1) is 35.9. The van der Waals surface area contributed by atoms with Gasteiger partial charge in [0.05, 0.1) is 12.8 Å². The molecule has 0 spiro atoms. The smallest absolute Gasteiger partial charge is 0.198 e. The molecule has 2 heterocycles. The van der Waals surface area contributed by atoms with Crippen molar-refractivity contribution in [2.45, 2.75) is 97.3 Å². The summed E-state index contributed by atoms with van der Waals surface area (Å²) < 4.78 is 20.6. The van der Waals surface area contributed by atoms with Crippen LogP contribution in [0, 0.1) is 0 Å². The second-order valence-electron chi connectivity index (χ2n) is 9.98. The number of ketones is 5. The van der Waals surface area contributed by atoms with Crippen LogP contribution in [0.4, 0.5) is 0 Å². The predicted molar refractivity (Wildman–Crippen MR) is 154 cm³/mol. The lowest BCUT2D eigenvalue weighted by Gasteiger charge is -2.01. The molecule has 9 heteroatoms. The molecule has 0 saturated heterocycles.